The average molecular weight is 550 g/mol. The molecule has 0 aliphatic carbocycles. The fourth-order valence-electron chi connectivity index (χ4n) is 4.78. The highest BCUT2D eigenvalue weighted by Crippen LogP contribution is 2.14. The molecule has 3 N–H and O–H groups in total. The Morgan fingerprint density at radius 3 is 1.83 bits per heavy atom. The summed E-state index contributed by atoms with van der Waals surface area (Å²) in [5, 5.41) is 22.9. The SMILES string of the molecule is CCCCCCCCCCCCCCCCCc1n(CCCNCC(O)CCl)cc[n+]1CC(O)CCl. The smallest absolute Gasteiger partial charge is 0.256 e. The maximum Gasteiger partial charge on any atom is 0.256 e. The van der Waals surface area contributed by atoms with Crippen LogP contribution >= 0.6 is 23.2 Å². The largest absolute Gasteiger partial charge is 0.391 e. The van der Waals surface area contributed by atoms with E-state index in [4.69, 9.17) is 23.2 Å². The van der Waals surface area contributed by atoms with Gasteiger partial charge in [-0.15, -0.1) is 23.2 Å². The van der Waals surface area contributed by atoms with Gasteiger partial charge in [0, 0.05) is 18.8 Å². The molecule has 2 atom stereocenters. The Morgan fingerprint density at radius 2 is 1.31 bits per heavy atom. The van der Waals surface area contributed by atoms with Gasteiger partial charge in [-0.2, -0.15) is 0 Å². The zero-order chi connectivity index (χ0) is 26.3. The number of rotatable bonds is 26. The van der Waals surface area contributed by atoms with Gasteiger partial charge in [0.2, 0.25) is 0 Å². The minimum Gasteiger partial charge on any atom is -0.391 e. The second kappa shape index (κ2) is 23.8. The number of unbranched alkanes of at least 4 members (excludes halogenated alkanes) is 14. The third kappa shape index (κ3) is 17.2. The first-order chi connectivity index (χ1) is 17.6. The molecule has 212 valence electrons. The Morgan fingerprint density at radius 1 is 0.778 bits per heavy atom. The van der Waals surface area contributed by atoms with Crippen LogP contribution in [0.4, 0.5) is 0 Å². The van der Waals surface area contributed by atoms with Crippen molar-refractivity contribution in [3.05, 3.63) is 18.2 Å². The molecule has 0 aliphatic rings. The second-order valence-corrected chi connectivity index (χ2v) is 11.1. The zero-order valence-corrected chi connectivity index (χ0v) is 24.6. The van der Waals surface area contributed by atoms with Crippen LogP contribution in [-0.4, -0.2) is 51.8 Å². The van der Waals surface area contributed by atoms with Crippen molar-refractivity contribution >= 4 is 23.2 Å². The van der Waals surface area contributed by atoms with E-state index in [9.17, 15) is 10.2 Å². The van der Waals surface area contributed by atoms with E-state index in [-0.39, 0.29) is 11.8 Å². The third-order valence-corrected chi connectivity index (χ3v) is 7.70. The number of imidazole rings is 1. The lowest BCUT2D eigenvalue weighted by atomic mass is 10.0. The van der Waals surface area contributed by atoms with Crippen molar-refractivity contribution in [2.24, 2.45) is 0 Å². The molecule has 1 heterocycles. The van der Waals surface area contributed by atoms with Gasteiger partial charge in [-0.1, -0.05) is 96.8 Å². The molecule has 1 aromatic heterocycles. The number of nitrogens with one attached hydrogen (secondary N) is 1. The molecule has 0 radical (unpaired) electrons. The molecule has 0 bridgehead atoms. The van der Waals surface area contributed by atoms with Crippen LogP contribution in [0, 0.1) is 0 Å². The number of alkyl halides is 2. The lowest BCUT2D eigenvalue weighted by molar-refractivity contribution is -0.709. The number of nitrogens with zero attached hydrogens (tertiary/aromatic N) is 2. The van der Waals surface area contributed by atoms with Gasteiger partial charge in [0.15, 0.2) is 0 Å². The van der Waals surface area contributed by atoms with E-state index >= 15 is 0 Å². The monoisotopic (exact) mass is 548 g/mol. The van der Waals surface area contributed by atoms with E-state index < -0.39 is 12.2 Å². The van der Waals surface area contributed by atoms with Gasteiger partial charge in [0.1, 0.15) is 25.0 Å². The predicted octanol–water partition coefficient (Wildman–Crippen LogP) is 6.37. The van der Waals surface area contributed by atoms with Crippen molar-refractivity contribution in [3.8, 4) is 0 Å². The summed E-state index contributed by atoms with van der Waals surface area (Å²) in [5.41, 5.74) is 0. The Kier molecular flexibility index (Phi) is 22.2. The Labute approximate surface area is 232 Å². The maximum atomic E-state index is 10.1. The minimum absolute atomic E-state index is 0.253. The van der Waals surface area contributed by atoms with Crippen molar-refractivity contribution in [2.45, 2.75) is 141 Å². The minimum atomic E-state index is -0.522. The summed E-state index contributed by atoms with van der Waals surface area (Å²) in [4.78, 5) is 0. The molecule has 0 fully saturated rings. The van der Waals surface area contributed by atoms with Crippen LogP contribution in [0.5, 0.6) is 0 Å². The van der Waals surface area contributed by atoms with E-state index in [0.717, 1.165) is 25.9 Å². The Bertz CT molecular complexity index is 615. The van der Waals surface area contributed by atoms with Gasteiger partial charge >= 0.3 is 0 Å². The molecule has 1 aromatic rings. The molecule has 2 unspecified atom stereocenters. The van der Waals surface area contributed by atoms with E-state index in [0.29, 0.717) is 13.1 Å². The van der Waals surface area contributed by atoms with Crippen LogP contribution in [0.2, 0.25) is 0 Å². The molecule has 0 amide bonds. The van der Waals surface area contributed by atoms with Crippen molar-refractivity contribution in [1.29, 1.82) is 0 Å². The molecule has 7 heteroatoms. The van der Waals surface area contributed by atoms with Crippen molar-refractivity contribution in [1.82, 2.24) is 9.88 Å². The van der Waals surface area contributed by atoms with Gasteiger partial charge in [-0.05, 0) is 19.4 Å². The lowest BCUT2D eigenvalue weighted by Crippen LogP contribution is -2.43. The number of aliphatic hydroxyl groups is 2. The van der Waals surface area contributed by atoms with E-state index in [1.165, 1.54) is 102 Å². The summed E-state index contributed by atoms with van der Waals surface area (Å²) in [6.07, 6.45) is 25.8. The first-order valence-corrected chi connectivity index (χ1v) is 16.0. The van der Waals surface area contributed by atoms with Gasteiger partial charge in [0.25, 0.3) is 5.82 Å². The Hall–Kier alpha value is -0.330. The summed E-state index contributed by atoms with van der Waals surface area (Å²) >= 11 is 11.5. The maximum absolute atomic E-state index is 10.1. The van der Waals surface area contributed by atoms with Crippen LogP contribution in [-0.2, 0) is 19.5 Å². The van der Waals surface area contributed by atoms with Crippen molar-refractivity contribution in [2.75, 3.05) is 24.8 Å². The van der Waals surface area contributed by atoms with Crippen LogP contribution in [0.3, 0.4) is 0 Å². The number of aryl methyl sites for hydroxylation is 1. The fraction of sp³-hybridized carbons (Fsp3) is 0.897. The topological polar surface area (TPSA) is 61.3 Å². The summed E-state index contributed by atoms with van der Waals surface area (Å²) in [7, 11) is 0. The fourth-order valence-corrected chi connectivity index (χ4v) is 4.99. The van der Waals surface area contributed by atoms with Crippen LogP contribution in [0.15, 0.2) is 12.4 Å². The molecule has 0 aliphatic heterocycles. The van der Waals surface area contributed by atoms with Gasteiger partial charge in [-0.25, -0.2) is 9.13 Å². The van der Waals surface area contributed by atoms with Crippen LogP contribution < -0.4 is 9.88 Å². The predicted molar refractivity (Wildman–Crippen MR) is 154 cm³/mol. The summed E-state index contributed by atoms with van der Waals surface area (Å²) in [5.74, 6) is 1.79. The average Bonchev–Trinajstić information content (AvgIpc) is 3.26. The van der Waals surface area contributed by atoms with Gasteiger partial charge in [0.05, 0.1) is 18.5 Å². The number of hydrogen-bond acceptors (Lipinski definition) is 3. The number of halogens is 2. The van der Waals surface area contributed by atoms with E-state index in [2.05, 4.69) is 33.8 Å². The van der Waals surface area contributed by atoms with Crippen LogP contribution in [0.25, 0.3) is 0 Å². The molecule has 0 saturated carbocycles. The third-order valence-electron chi connectivity index (χ3n) is 6.99. The molecule has 0 saturated heterocycles. The van der Waals surface area contributed by atoms with Crippen molar-refractivity contribution in [3.63, 3.8) is 0 Å². The van der Waals surface area contributed by atoms with Gasteiger partial charge < -0.3 is 15.5 Å². The molecular weight excluding hydrogens is 493 g/mol. The summed E-state index contributed by atoms with van der Waals surface area (Å²) in [6.45, 7) is 5.12. The highest BCUT2D eigenvalue weighted by atomic mass is 35.5. The first-order valence-electron chi connectivity index (χ1n) is 14.9. The molecule has 1 rings (SSSR count). The second-order valence-electron chi connectivity index (χ2n) is 10.4. The quantitative estimate of drug-likeness (QED) is 0.0715. The molecular formula is C29H56Cl2N3O2+. The highest BCUT2D eigenvalue weighted by molar-refractivity contribution is 6.18. The number of hydrogen-bond donors (Lipinski definition) is 3. The summed E-state index contributed by atoms with van der Waals surface area (Å²) in [6, 6.07) is 0. The highest BCUT2D eigenvalue weighted by Gasteiger charge is 2.19. The number of aromatic nitrogens is 2. The van der Waals surface area contributed by atoms with Crippen molar-refractivity contribution < 1.29 is 14.8 Å². The lowest BCUT2D eigenvalue weighted by Gasteiger charge is -2.10. The van der Waals surface area contributed by atoms with Crippen LogP contribution in [0.1, 0.15) is 115 Å². The van der Waals surface area contributed by atoms with E-state index in [1.54, 1.807) is 0 Å². The number of aliphatic hydroxyl groups excluding tert-OH is 2. The Balaban J connectivity index is 2.20. The molecule has 0 aromatic carbocycles. The summed E-state index contributed by atoms with van der Waals surface area (Å²) < 4.78 is 4.48. The first kappa shape index (κ1) is 33.7. The zero-order valence-electron chi connectivity index (χ0n) is 23.1. The van der Waals surface area contributed by atoms with E-state index in [1.807, 2.05) is 0 Å². The standard InChI is InChI=1S/C29H56Cl2N3O2/c1-2-3-4-5-6-7-8-9-10-11-12-13-14-15-16-18-29-33(20-17-19-32-25-27(35)23-30)21-22-34(29)26-28(36)24-31/h21-22,27-28,32,35-36H,2-20,23-26H2,1H3/q+1. The molecule has 0 spiro atoms. The molecule has 36 heavy (non-hydrogen) atoms. The normalized spacial score (nSPS) is 13.4. The molecule has 5 nitrogen and oxygen atoms in total. The van der Waals surface area contributed by atoms with Gasteiger partial charge in [-0.3, -0.25) is 0 Å².